The molecule has 0 N–H and O–H groups in total. The molecule has 0 saturated heterocycles. The predicted octanol–water partition coefficient (Wildman–Crippen LogP) is 1.81. The molecule has 0 bridgehead atoms. The summed E-state index contributed by atoms with van der Waals surface area (Å²) in [7, 11) is 0. The Labute approximate surface area is 83.2 Å². The number of aryl methyl sites for hydroxylation is 1. The normalized spacial score (nSPS) is 8.29. The quantitative estimate of drug-likeness (QED) is 0.492. The Kier molecular flexibility index (Phi) is 3.47. The lowest BCUT2D eigenvalue weighted by molar-refractivity contribution is -0.107. The fourth-order valence-electron chi connectivity index (χ4n) is 1.01. The average Bonchev–Trinajstić information content (AvgIpc) is 2.21. The predicted molar refractivity (Wildman–Crippen MR) is 53.5 cm³/mol. The molecule has 0 amide bonds. The topological polar surface area (TPSA) is 40.9 Å². The largest absolute Gasteiger partial charge is 0.302 e. The number of carbonyl (C=O) groups is 1. The van der Waals surface area contributed by atoms with Crippen LogP contribution in [0, 0.1) is 30.1 Å². The Morgan fingerprint density at radius 2 is 2.29 bits per heavy atom. The van der Waals surface area contributed by atoms with E-state index in [1.165, 1.54) is 0 Å². The van der Waals surface area contributed by atoms with Crippen LogP contribution in [0.4, 0.5) is 0 Å². The molecule has 1 rings (SSSR count). The van der Waals surface area contributed by atoms with Gasteiger partial charge in [0.05, 0.1) is 18.1 Å². The third kappa shape index (κ3) is 2.47. The zero-order valence-electron chi connectivity index (χ0n) is 7.87. The molecule has 14 heavy (non-hydrogen) atoms. The van der Waals surface area contributed by atoms with E-state index >= 15 is 0 Å². The lowest BCUT2D eigenvalue weighted by Crippen LogP contribution is -1.84. The van der Waals surface area contributed by atoms with Gasteiger partial charge in [0.1, 0.15) is 6.29 Å². The van der Waals surface area contributed by atoms with Crippen LogP contribution in [0.2, 0.25) is 0 Å². The molecule has 2 heteroatoms. The van der Waals surface area contributed by atoms with E-state index < -0.39 is 0 Å². The number of carbonyl (C=O) groups excluding carboxylic acids is 1. The van der Waals surface area contributed by atoms with Gasteiger partial charge in [-0.1, -0.05) is 17.9 Å². The molecule has 68 valence electrons. The molecule has 0 atom stereocenters. The maximum Gasteiger partial charge on any atom is 0.131 e. The van der Waals surface area contributed by atoms with Gasteiger partial charge in [-0.25, -0.2) is 0 Å². The monoisotopic (exact) mass is 183 g/mol. The fraction of sp³-hybridized carbons (Fsp3) is 0.167. The van der Waals surface area contributed by atoms with Gasteiger partial charge in [-0.3, -0.25) is 0 Å². The Hall–Kier alpha value is -2.06. The fourth-order valence-corrected chi connectivity index (χ4v) is 1.01. The number of benzene rings is 1. The molecular weight excluding hydrogens is 174 g/mol. The molecule has 1 aromatic rings. The van der Waals surface area contributed by atoms with E-state index in [0.29, 0.717) is 5.56 Å². The van der Waals surface area contributed by atoms with Crippen LogP contribution < -0.4 is 0 Å². The zero-order valence-corrected chi connectivity index (χ0v) is 7.87. The summed E-state index contributed by atoms with van der Waals surface area (Å²) in [5.74, 6) is 5.57. The van der Waals surface area contributed by atoms with Crippen molar-refractivity contribution in [2.24, 2.45) is 0 Å². The van der Waals surface area contributed by atoms with Gasteiger partial charge in [-0.15, -0.1) is 0 Å². The van der Waals surface area contributed by atoms with Crippen LogP contribution in [-0.2, 0) is 4.79 Å². The van der Waals surface area contributed by atoms with Crippen molar-refractivity contribution in [1.82, 2.24) is 0 Å². The minimum Gasteiger partial charge on any atom is -0.302 e. The molecule has 0 radical (unpaired) electrons. The highest BCUT2D eigenvalue weighted by atomic mass is 16.1. The summed E-state index contributed by atoms with van der Waals surface area (Å²) in [5, 5.41) is 8.67. The molecule has 0 aliphatic heterocycles. The number of aldehydes is 1. The number of nitrogens with zero attached hydrogens (tertiary/aromatic N) is 1. The summed E-state index contributed by atoms with van der Waals surface area (Å²) in [6, 6.07) is 7.38. The molecule has 0 aliphatic rings. The lowest BCUT2D eigenvalue weighted by atomic mass is 10.1. The minimum absolute atomic E-state index is 0.232. The molecule has 0 unspecified atom stereocenters. The SMILES string of the molecule is Cc1ccc(C#N)cc1C#CCC=O. The van der Waals surface area contributed by atoms with Crippen molar-refractivity contribution in [3.63, 3.8) is 0 Å². The Morgan fingerprint density at radius 3 is 2.93 bits per heavy atom. The number of hydrogen-bond donors (Lipinski definition) is 0. The van der Waals surface area contributed by atoms with Gasteiger partial charge in [0.15, 0.2) is 0 Å². The van der Waals surface area contributed by atoms with Gasteiger partial charge >= 0.3 is 0 Å². The summed E-state index contributed by atoms with van der Waals surface area (Å²) in [6.07, 6.45) is 0.993. The van der Waals surface area contributed by atoms with E-state index in [2.05, 4.69) is 11.8 Å². The van der Waals surface area contributed by atoms with Gasteiger partial charge in [-0.05, 0) is 24.6 Å². The van der Waals surface area contributed by atoms with E-state index in [-0.39, 0.29) is 6.42 Å². The van der Waals surface area contributed by atoms with Crippen molar-refractivity contribution in [3.8, 4) is 17.9 Å². The van der Waals surface area contributed by atoms with E-state index in [4.69, 9.17) is 5.26 Å². The Balaban J connectivity index is 3.03. The molecule has 0 heterocycles. The number of hydrogen-bond acceptors (Lipinski definition) is 2. The van der Waals surface area contributed by atoms with Crippen LogP contribution >= 0.6 is 0 Å². The first-order chi connectivity index (χ1) is 6.77. The summed E-state index contributed by atoms with van der Waals surface area (Å²) in [4.78, 5) is 10.0. The van der Waals surface area contributed by atoms with Crippen molar-refractivity contribution in [2.45, 2.75) is 13.3 Å². The van der Waals surface area contributed by atoms with Crippen LogP contribution in [0.5, 0.6) is 0 Å². The number of rotatable bonds is 1. The van der Waals surface area contributed by atoms with Crippen molar-refractivity contribution < 1.29 is 4.79 Å². The van der Waals surface area contributed by atoms with Gasteiger partial charge in [-0.2, -0.15) is 5.26 Å². The molecular formula is C12H9NO. The van der Waals surface area contributed by atoms with E-state index in [9.17, 15) is 4.79 Å². The lowest BCUT2D eigenvalue weighted by Gasteiger charge is -1.96. The first-order valence-electron chi connectivity index (χ1n) is 4.21. The third-order valence-electron chi connectivity index (χ3n) is 1.78. The second-order valence-electron chi connectivity index (χ2n) is 2.81. The van der Waals surface area contributed by atoms with Gasteiger partial charge in [0.2, 0.25) is 0 Å². The average molecular weight is 183 g/mol. The molecule has 0 aromatic heterocycles. The summed E-state index contributed by atoms with van der Waals surface area (Å²) in [6.45, 7) is 1.92. The highest BCUT2D eigenvalue weighted by Crippen LogP contribution is 2.08. The van der Waals surface area contributed by atoms with Crippen LogP contribution in [0.15, 0.2) is 18.2 Å². The molecule has 0 saturated carbocycles. The Morgan fingerprint density at radius 1 is 1.50 bits per heavy atom. The molecule has 0 spiro atoms. The second-order valence-corrected chi connectivity index (χ2v) is 2.81. The van der Waals surface area contributed by atoms with Crippen LogP contribution in [0.3, 0.4) is 0 Å². The van der Waals surface area contributed by atoms with Crippen molar-refractivity contribution >= 4 is 6.29 Å². The molecule has 0 aliphatic carbocycles. The van der Waals surface area contributed by atoms with Gasteiger partial charge in [0.25, 0.3) is 0 Å². The van der Waals surface area contributed by atoms with Gasteiger partial charge in [0, 0.05) is 5.56 Å². The number of nitriles is 1. The van der Waals surface area contributed by atoms with Crippen molar-refractivity contribution in [2.75, 3.05) is 0 Å². The highest BCUT2D eigenvalue weighted by molar-refractivity contribution is 5.55. The van der Waals surface area contributed by atoms with Crippen molar-refractivity contribution in [3.05, 3.63) is 34.9 Å². The second kappa shape index (κ2) is 4.84. The van der Waals surface area contributed by atoms with Crippen LogP contribution in [0.1, 0.15) is 23.1 Å². The molecule has 0 fully saturated rings. The van der Waals surface area contributed by atoms with E-state index in [0.717, 1.165) is 17.4 Å². The smallest absolute Gasteiger partial charge is 0.131 e. The summed E-state index contributed by atoms with van der Waals surface area (Å²) < 4.78 is 0. The third-order valence-corrected chi connectivity index (χ3v) is 1.78. The van der Waals surface area contributed by atoms with Gasteiger partial charge < -0.3 is 4.79 Å². The molecule has 1 aromatic carbocycles. The first kappa shape index (κ1) is 10.0. The maximum absolute atomic E-state index is 10.0. The minimum atomic E-state index is 0.232. The highest BCUT2D eigenvalue weighted by Gasteiger charge is 1.96. The maximum atomic E-state index is 10.0. The zero-order chi connectivity index (χ0) is 10.4. The van der Waals surface area contributed by atoms with E-state index in [1.807, 2.05) is 19.1 Å². The Bertz CT molecular complexity index is 444. The standard InChI is InChI=1S/C12H9NO/c1-10-5-6-11(9-13)8-12(10)4-2-3-7-14/h5-8H,3H2,1H3. The van der Waals surface area contributed by atoms with Crippen molar-refractivity contribution in [1.29, 1.82) is 5.26 Å². The summed E-state index contributed by atoms with van der Waals surface area (Å²) >= 11 is 0. The molecule has 2 nitrogen and oxygen atoms in total. The van der Waals surface area contributed by atoms with E-state index in [1.54, 1.807) is 12.1 Å². The van der Waals surface area contributed by atoms with Crippen LogP contribution in [0.25, 0.3) is 0 Å². The first-order valence-corrected chi connectivity index (χ1v) is 4.21. The van der Waals surface area contributed by atoms with Crippen LogP contribution in [-0.4, -0.2) is 6.29 Å². The summed E-state index contributed by atoms with van der Waals surface area (Å²) in [5.41, 5.74) is 2.42.